The molecule has 7 N–H and O–H groups in total. The van der Waals surface area contributed by atoms with E-state index in [0.29, 0.717) is 12.2 Å². The summed E-state index contributed by atoms with van der Waals surface area (Å²) in [5.41, 5.74) is 7.19. The molecular weight excluding hydrogens is 719 g/mol. The summed E-state index contributed by atoms with van der Waals surface area (Å²) in [5, 5.41) is 5.36. The molecule has 4 amide bonds. The molecule has 0 spiro atoms. The lowest BCUT2D eigenvalue weighted by Crippen LogP contribution is -2.49. The number of nitrogens with zero attached hydrogens (tertiary/aromatic N) is 2. The van der Waals surface area contributed by atoms with Crippen molar-refractivity contribution in [2.45, 2.75) is 111 Å². The zero-order valence-corrected chi connectivity index (χ0v) is 32.8. The van der Waals surface area contributed by atoms with Gasteiger partial charge in [-0.1, -0.05) is 57.0 Å². The number of aromatic nitrogens is 2. The Morgan fingerprint density at radius 3 is 2.19 bits per heavy atom. The molecular formula is C37H57N6O10P. The number of Topliss-reactive ketones (excluding diaryl/α,β-unsaturated/α-hetero) is 2. The normalized spacial score (nSPS) is 14.4. The van der Waals surface area contributed by atoms with E-state index in [1.165, 1.54) is 43.8 Å². The second-order valence-electron chi connectivity index (χ2n) is 14.2. The number of ketones is 2. The van der Waals surface area contributed by atoms with E-state index in [1.54, 1.807) is 0 Å². The molecule has 2 aromatic rings. The third-order valence-electron chi connectivity index (χ3n) is 9.04. The summed E-state index contributed by atoms with van der Waals surface area (Å²) in [6, 6.07) is 8.08. The Labute approximate surface area is 317 Å². The molecule has 1 heterocycles. The Kier molecular flexibility index (Phi) is 19.4. The van der Waals surface area contributed by atoms with E-state index in [2.05, 4.69) is 37.3 Å². The maximum atomic E-state index is 13.8. The van der Waals surface area contributed by atoms with Gasteiger partial charge in [-0.25, -0.2) is 9.55 Å². The number of aryl methyl sites for hydroxylation is 1. The molecule has 16 nitrogen and oxygen atoms in total. The first-order chi connectivity index (χ1) is 25.4. The number of nitrogens with two attached hydrogens (primary N) is 1. The average molecular weight is 777 g/mol. The molecule has 0 radical (unpaired) electrons. The molecule has 1 aromatic heterocycles. The summed E-state index contributed by atoms with van der Waals surface area (Å²) in [7, 11) is -4.99. The highest BCUT2D eigenvalue weighted by Gasteiger charge is 2.34. The van der Waals surface area contributed by atoms with Crippen molar-refractivity contribution in [2.24, 2.45) is 23.5 Å². The Balaban J connectivity index is 2.06. The number of carbonyl (C=O) groups is 6. The number of amides is 4. The fraction of sp³-hybridized carbons (Fsp3) is 0.595. The molecule has 0 saturated carbocycles. The number of carbonyl (C=O) groups excluding carboxylic acids is 6. The van der Waals surface area contributed by atoms with Crippen LogP contribution in [0.4, 0.5) is 0 Å². The van der Waals surface area contributed by atoms with Crippen molar-refractivity contribution in [3.05, 3.63) is 54.1 Å². The number of rotatable bonds is 26. The van der Waals surface area contributed by atoms with Crippen LogP contribution in [0.15, 0.2) is 42.9 Å². The Morgan fingerprint density at radius 2 is 1.61 bits per heavy atom. The highest BCUT2D eigenvalue weighted by Crippen LogP contribution is 2.39. The first-order valence-electron chi connectivity index (χ1n) is 18.3. The van der Waals surface area contributed by atoms with Gasteiger partial charge >= 0.3 is 7.82 Å². The van der Waals surface area contributed by atoms with E-state index in [0.717, 1.165) is 32.1 Å². The van der Waals surface area contributed by atoms with E-state index < -0.39 is 73.6 Å². The summed E-state index contributed by atoms with van der Waals surface area (Å²) in [4.78, 5) is 105. The molecule has 0 unspecified atom stereocenters. The maximum Gasteiger partial charge on any atom is 0.469 e. The van der Waals surface area contributed by atoms with Crippen LogP contribution in [0, 0.1) is 17.8 Å². The molecule has 2 rings (SSSR count). The Hall–Kier alpha value is -4.24. The van der Waals surface area contributed by atoms with Gasteiger partial charge in [-0.2, -0.15) is 0 Å². The van der Waals surface area contributed by atoms with Gasteiger partial charge < -0.3 is 36.0 Å². The number of hydrogen-bond acceptors (Lipinski definition) is 9. The Bertz CT molecular complexity index is 1570. The number of imidazole rings is 1. The van der Waals surface area contributed by atoms with Crippen LogP contribution in [-0.2, 0) is 50.7 Å². The number of phosphoric acid groups is 1. The number of phosphoric ester groups is 1. The van der Waals surface area contributed by atoms with Crippen LogP contribution in [-0.4, -0.2) is 91.1 Å². The lowest BCUT2D eigenvalue weighted by atomic mass is 9.89. The van der Waals surface area contributed by atoms with Crippen LogP contribution in [0.2, 0.25) is 0 Å². The number of aromatic amines is 1. The second kappa shape index (κ2) is 22.9. The van der Waals surface area contributed by atoms with Gasteiger partial charge in [0.05, 0.1) is 42.9 Å². The third kappa shape index (κ3) is 17.7. The molecule has 300 valence electrons. The minimum Gasteiger partial charge on any atom is -0.369 e. The standard InChI is InChI=1S/C37H57N6O10P/c1-24(2)17-32(42-35(47)22-43(27(5)44)16-12-7-6-9-13-28-14-10-8-11-15-28)34(46)19-29(18-30-21-39-23-40-30)37(49)41-25(3)33(45)20-31(36(38)48)26(4)53-54(50,51)52/h8,10-11,14-15,21,23-26,29,31-32H,6-7,9,12-13,16-20,22H2,1-5H3,(H2,38,48)(H,39,40)(H,41,49)(H,42,47)(H2,50,51,52)/t25-,26+,29+,31-,32-/m0/s1. The molecule has 0 aliphatic heterocycles. The van der Waals surface area contributed by atoms with Gasteiger partial charge in [0, 0.05) is 44.6 Å². The monoisotopic (exact) mass is 776 g/mol. The number of nitrogens with one attached hydrogen (secondary N) is 3. The van der Waals surface area contributed by atoms with Crippen molar-refractivity contribution in [3.63, 3.8) is 0 Å². The van der Waals surface area contributed by atoms with Gasteiger partial charge in [0.25, 0.3) is 0 Å². The average Bonchev–Trinajstić information content (AvgIpc) is 3.59. The molecule has 1 aromatic carbocycles. The number of benzene rings is 1. The molecule has 0 saturated heterocycles. The summed E-state index contributed by atoms with van der Waals surface area (Å²) in [6.45, 7) is 7.91. The highest BCUT2D eigenvalue weighted by molar-refractivity contribution is 7.46. The molecule has 0 aliphatic carbocycles. The molecule has 0 fully saturated rings. The van der Waals surface area contributed by atoms with Crippen LogP contribution < -0.4 is 16.4 Å². The number of H-pyrrole nitrogens is 1. The van der Waals surface area contributed by atoms with Gasteiger partial charge in [-0.3, -0.25) is 33.3 Å². The second-order valence-corrected chi connectivity index (χ2v) is 15.4. The SMILES string of the molecule is CC(=O)N(CCCCCCc1ccccc1)CC(=O)N[C@@H](CC(C)C)C(=O)C[C@@H](Cc1cnc[nH]1)C(=O)N[C@@H](C)C(=O)C[C@H](C(N)=O)[C@@H](C)OP(=O)(O)O. The van der Waals surface area contributed by atoms with E-state index >= 15 is 0 Å². The minimum atomic E-state index is -4.99. The number of unbranched alkanes of at least 4 members (excludes halogenated alkanes) is 3. The van der Waals surface area contributed by atoms with Crippen LogP contribution in [0.25, 0.3) is 0 Å². The van der Waals surface area contributed by atoms with E-state index in [9.17, 15) is 33.3 Å². The predicted octanol–water partition coefficient (Wildman–Crippen LogP) is 2.77. The van der Waals surface area contributed by atoms with Crippen molar-refractivity contribution in [3.8, 4) is 0 Å². The Morgan fingerprint density at radius 1 is 0.944 bits per heavy atom. The van der Waals surface area contributed by atoms with Crippen molar-refractivity contribution in [1.29, 1.82) is 0 Å². The van der Waals surface area contributed by atoms with Crippen molar-refractivity contribution in [2.75, 3.05) is 13.1 Å². The fourth-order valence-electron chi connectivity index (χ4n) is 6.03. The number of primary amides is 1. The molecule has 54 heavy (non-hydrogen) atoms. The lowest BCUT2D eigenvalue weighted by molar-refractivity contribution is -0.136. The topological polar surface area (TPSA) is 251 Å². The van der Waals surface area contributed by atoms with Crippen molar-refractivity contribution < 1.29 is 47.6 Å². The zero-order valence-electron chi connectivity index (χ0n) is 31.9. The molecule has 17 heteroatoms. The summed E-state index contributed by atoms with van der Waals surface area (Å²) in [5.74, 6) is -5.91. The summed E-state index contributed by atoms with van der Waals surface area (Å²) >= 11 is 0. The third-order valence-corrected chi connectivity index (χ3v) is 9.64. The smallest absolute Gasteiger partial charge is 0.369 e. The van der Waals surface area contributed by atoms with E-state index in [-0.39, 0.29) is 37.6 Å². The molecule has 0 aliphatic rings. The summed E-state index contributed by atoms with van der Waals surface area (Å²) in [6.07, 6.45) is 5.55. The van der Waals surface area contributed by atoms with Crippen LogP contribution in [0.3, 0.4) is 0 Å². The van der Waals surface area contributed by atoms with Gasteiger partial charge in [-0.05, 0) is 51.0 Å². The van der Waals surface area contributed by atoms with E-state index in [4.69, 9.17) is 15.5 Å². The van der Waals surface area contributed by atoms with Crippen LogP contribution >= 0.6 is 7.82 Å². The van der Waals surface area contributed by atoms with Crippen molar-refractivity contribution >= 4 is 43.0 Å². The van der Waals surface area contributed by atoms with E-state index in [1.807, 2.05) is 32.0 Å². The van der Waals surface area contributed by atoms with Gasteiger partial charge in [0.2, 0.25) is 23.6 Å². The van der Waals surface area contributed by atoms with Crippen LogP contribution in [0.5, 0.6) is 0 Å². The van der Waals surface area contributed by atoms with Gasteiger partial charge in [-0.15, -0.1) is 0 Å². The first-order valence-corrected chi connectivity index (χ1v) is 19.8. The van der Waals surface area contributed by atoms with Crippen molar-refractivity contribution in [1.82, 2.24) is 25.5 Å². The fourth-order valence-corrected chi connectivity index (χ4v) is 6.61. The largest absolute Gasteiger partial charge is 0.469 e. The van der Waals surface area contributed by atoms with Gasteiger partial charge in [0.15, 0.2) is 11.6 Å². The minimum absolute atomic E-state index is 0.00767. The number of hydrogen-bond donors (Lipinski definition) is 6. The molecule has 5 atom stereocenters. The lowest BCUT2D eigenvalue weighted by Gasteiger charge is -2.26. The van der Waals surface area contributed by atoms with Crippen LogP contribution in [0.1, 0.15) is 90.8 Å². The predicted molar refractivity (Wildman–Crippen MR) is 200 cm³/mol. The highest BCUT2D eigenvalue weighted by atomic mass is 31.2. The zero-order chi connectivity index (χ0) is 40.4. The summed E-state index contributed by atoms with van der Waals surface area (Å²) < 4.78 is 15.8. The first kappa shape index (κ1) is 45.9. The maximum absolute atomic E-state index is 13.8. The molecule has 0 bridgehead atoms. The van der Waals surface area contributed by atoms with Gasteiger partial charge in [0.1, 0.15) is 0 Å². The quantitative estimate of drug-likeness (QED) is 0.0599.